The van der Waals surface area contributed by atoms with E-state index in [9.17, 15) is 0 Å². The summed E-state index contributed by atoms with van der Waals surface area (Å²) >= 11 is 0. The van der Waals surface area contributed by atoms with Crippen molar-refractivity contribution in [2.45, 2.75) is 46.1 Å². The molecule has 0 amide bonds. The maximum atomic E-state index is 5.23. The van der Waals surface area contributed by atoms with E-state index in [0.717, 1.165) is 13.2 Å². The minimum atomic E-state index is 0.639. The van der Waals surface area contributed by atoms with Crippen molar-refractivity contribution in [3.05, 3.63) is 0 Å². The fraction of sp³-hybridized carbons (Fsp3) is 1.00. The number of rotatable bonds is 8. The maximum Gasteiger partial charge on any atom is 0.0505 e. The lowest BCUT2D eigenvalue weighted by Gasteiger charge is -2.26. The summed E-state index contributed by atoms with van der Waals surface area (Å²) in [5, 5.41) is 3.54. The highest BCUT2D eigenvalue weighted by atomic mass is 16.5. The largest absolute Gasteiger partial charge is 0.384 e. The van der Waals surface area contributed by atoms with E-state index >= 15 is 0 Å². The first-order chi connectivity index (χ1) is 6.29. The normalized spacial score (nSPS) is 15.7. The first-order valence-electron chi connectivity index (χ1n) is 5.52. The summed E-state index contributed by atoms with van der Waals surface area (Å²) < 4.78 is 5.23. The quantitative estimate of drug-likeness (QED) is 0.630. The molecular weight excluding hydrogens is 162 g/mol. The van der Waals surface area contributed by atoms with Crippen LogP contribution in [-0.2, 0) is 4.74 Å². The lowest BCUT2D eigenvalue weighted by molar-refractivity contribution is 0.125. The summed E-state index contributed by atoms with van der Waals surface area (Å²) in [6, 6.07) is 0.639. The molecule has 1 N–H and O–H groups in total. The highest BCUT2D eigenvalue weighted by Crippen LogP contribution is 2.13. The Morgan fingerprint density at radius 2 is 1.92 bits per heavy atom. The zero-order valence-electron chi connectivity index (χ0n) is 9.60. The number of nitrogens with one attached hydrogen (secondary N) is 1. The molecule has 80 valence electrons. The molecule has 0 aliphatic rings. The van der Waals surface area contributed by atoms with Gasteiger partial charge in [-0.05, 0) is 25.3 Å². The van der Waals surface area contributed by atoms with Gasteiger partial charge in [0.25, 0.3) is 0 Å². The van der Waals surface area contributed by atoms with Gasteiger partial charge in [-0.1, -0.05) is 27.2 Å². The molecule has 0 radical (unpaired) electrons. The van der Waals surface area contributed by atoms with Crippen LogP contribution in [0.4, 0.5) is 0 Å². The lowest BCUT2D eigenvalue weighted by atomic mass is 9.94. The van der Waals surface area contributed by atoms with Gasteiger partial charge < -0.3 is 10.1 Å². The predicted molar refractivity (Wildman–Crippen MR) is 58.0 cm³/mol. The third kappa shape index (κ3) is 5.27. The fourth-order valence-corrected chi connectivity index (χ4v) is 1.81. The van der Waals surface area contributed by atoms with Crippen LogP contribution in [0.3, 0.4) is 0 Å². The number of hydrogen-bond acceptors (Lipinski definition) is 2. The molecular formula is C11H25NO. The Balaban J connectivity index is 3.94. The Morgan fingerprint density at radius 3 is 2.31 bits per heavy atom. The third-order valence-electron chi connectivity index (χ3n) is 2.54. The molecule has 2 atom stereocenters. The molecule has 0 heterocycles. The Kier molecular flexibility index (Phi) is 8.46. The SMILES string of the molecule is CCCC(NCC)C(CC)COC. The van der Waals surface area contributed by atoms with E-state index in [4.69, 9.17) is 4.74 Å². The second kappa shape index (κ2) is 8.52. The zero-order chi connectivity index (χ0) is 10.1. The van der Waals surface area contributed by atoms with E-state index in [-0.39, 0.29) is 0 Å². The number of methoxy groups -OCH3 is 1. The average Bonchev–Trinajstić information content (AvgIpc) is 2.14. The van der Waals surface area contributed by atoms with Crippen LogP contribution >= 0.6 is 0 Å². The lowest BCUT2D eigenvalue weighted by Crippen LogP contribution is -2.37. The average molecular weight is 187 g/mol. The molecule has 0 aliphatic heterocycles. The molecule has 2 unspecified atom stereocenters. The third-order valence-corrected chi connectivity index (χ3v) is 2.54. The van der Waals surface area contributed by atoms with Crippen molar-refractivity contribution in [3.63, 3.8) is 0 Å². The molecule has 0 saturated carbocycles. The van der Waals surface area contributed by atoms with Crippen LogP contribution in [0.1, 0.15) is 40.0 Å². The molecule has 2 nitrogen and oxygen atoms in total. The van der Waals surface area contributed by atoms with Crippen molar-refractivity contribution in [1.82, 2.24) is 5.32 Å². The van der Waals surface area contributed by atoms with Gasteiger partial charge in [0.1, 0.15) is 0 Å². The smallest absolute Gasteiger partial charge is 0.0505 e. The van der Waals surface area contributed by atoms with Crippen molar-refractivity contribution < 1.29 is 4.74 Å². The Labute approximate surface area is 83.1 Å². The standard InChI is InChI=1S/C11H25NO/c1-5-8-11(12-7-3)10(6-2)9-13-4/h10-12H,5-9H2,1-4H3. The molecule has 0 aromatic rings. The summed E-state index contributed by atoms with van der Waals surface area (Å²) in [5.74, 6) is 0.671. The highest BCUT2D eigenvalue weighted by molar-refractivity contribution is 4.74. The van der Waals surface area contributed by atoms with Gasteiger partial charge in [-0.15, -0.1) is 0 Å². The van der Waals surface area contributed by atoms with Crippen LogP contribution in [0.25, 0.3) is 0 Å². The molecule has 2 heteroatoms. The second-order valence-corrected chi connectivity index (χ2v) is 3.58. The molecule has 0 spiro atoms. The van der Waals surface area contributed by atoms with Gasteiger partial charge >= 0.3 is 0 Å². The van der Waals surface area contributed by atoms with E-state index in [1.165, 1.54) is 19.3 Å². The van der Waals surface area contributed by atoms with Crippen LogP contribution in [0.2, 0.25) is 0 Å². The van der Waals surface area contributed by atoms with Crippen molar-refractivity contribution in [1.29, 1.82) is 0 Å². The minimum absolute atomic E-state index is 0.639. The Hall–Kier alpha value is -0.0800. The topological polar surface area (TPSA) is 21.3 Å². The fourth-order valence-electron chi connectivity index (χ4n) is 1.81. The van der Waals surface area contributed by atoms with Gasteiger partial charge in [-0.3, -0.25) is 0 Å². The number of ether oxygens (including phenoxy) is 1. The van der Waals surface area contributed by atoms with Gasteiger partial charge in [0.2, 0.25) is 0 Å². The molecule has 0 aliphatic carbocycles. The first-order valence-corrected chi connectivity index (χ1v) is 5.52. The zero-order valence-corrected chi connectivity index (χ0v) is 9.60. The van der Waals surface area contributed by atoms with Crippen molar-refractivity contribution in [2.75, 3.05) is 20.3 Å². The van der Waals surface area contributed by atoms with Crippen molar-refractivity contribution in [2.24, 2.45) is 5.92 Å². The molecule has 0 saturated heterocycles. The summed E-state index contributed by atoms with van der Waals surface area (Å²) in [4.78, 5) is 0. The van der Waals surface area contributed by atoms with E-state index in [2.05, 4.69) is 26.1 Å². The summed E-state index contributed by atoms with van der Waals surface area (Å²) in [7, 11) is 1.79. The predicted octanol–water partition coefficient (Wildman–Crippen LogP) is 2.44. The summed E-state index contributed by atoms with van der Waals surface area (Å²) in [6.45, 7) is 8.59. The van der Waals surface area contributed by atoms with E-state index in [1.807, 2.05) is 0 Å². The van der Waals surface area contributed by atoms with E-state index in [0.29, 0.717) is 12.0 Å². The van der Waals surface area contributed by atoms with E-state index in [1.54, 1.807) is 7.11 Å². The summed E-state index contributed by atoms with van der Waals surface area (Å²) in [6.07, 6.45) is 3.71. The van der Waals surface area contributed by atoms with E-state index < -0.39 is 0 Å². The molecule has 13 heavy (non-hydrogen) atoms. The van der Waals surface area contributed by atoms with Gasteiger partial charge in [0, 0.05) is 13.2 Å². The van der Waals surface area contributed by atoms with Gasteiger partial charge in [0.15, 0.2) is 0 Å². The molecule has 0 bridgehead atoms. The Morgan fingerprint density at radius 1 is 1.23 bits per heavy atom. The monoisotopic (exact) mass is 187 g/mol. The highest BCUT2D eigenvalue weighted by Gasteiger charge is 2.17. The van der Waals surface area contributed by atoms with Crippen LogP contribution in [0.5, 0.6) is 0 Å². The van der Waals surface area contributed by atoms with Crippen LogP contribution in [-0.4, -0.2) is 26.3 Å². The van der Waals surface area contributed by atoms with Crippen LogP contribution in [0, 0.1) is 5.92 Å². The van der Waals surface area contributed by atoms with Crippen molar-refractivity contribution in [3.8, 4) is 0 Å². The first kappa shape index (κ1) is 12.9. The maximum absolute atomic E-state index is 5.23. The van der Waals surface area contributed by atoms with Crippen molar-refractivity contribution >= 4 is 0 Å². The van der Waals surface area contributed by atoms with Crippen LogP contribution < -0.4 is 5.32 Å². The molecule has 0 aromatic heterocycles. The van der Waals surface area contributed by atoms with Gasteiger partial charge in [-0.2, -0.15) is 0 Å². The second-order valence-electron chi connectivity index (χ2n) is 3.58. The van der Waals surface area contributed by atoms with Gasteiger partial charge in [0.05, 0.1) is 6.61 Å². The molecule has 0 rings (SSSR count). The van der Waals surface area contributed by atoms with Crippen LogP contribution in [0.15, 0.2) is 0 Å². The molecule has 0 fully saturated rings. The Bertz CT molecular complexity index is 100. The summed E-state index contributed by atoms with van der Waals surface area (Å²) in [5.41, 5.74) is 0. The van der Waals surface area contributed by atoms with Gasteiger partial charge in [-0.25, -0.2) is 0 Å². The number of hydrogen-bond donors (Lipinski definition) is 1. The molecule has 0 aromatic carbocycles. The minimum Gasteiger partial charge on any atom is -0.384 e.